The topological polar surface area (TPSA) is 39.1 Å². The second-order valence-corrected chi connectivity index (χ2v) is 8.27. The van der Waals surface area contributed by atoms with Gasteiger partial charge in [-0.25, -0.2) is 0 Å². The summed E-state index contributed by atoms with van der Waals surface area (Å²) in [5, 5.41) is 0. The summed E-state index contributed by atoms with van der Waals surface area (Å²) in [7, 11) is 0. The number of hydrogen-bond acceptors (Lipinski definition) is 2. The number of fused-ring (bicyclic) bond motifs is 5. The molecule has 1 aromatic carbocycles. The number of nitrogens with zero attached hydrogens (tertiary/aromatic N) is 1. The second-order valence-electron chi connectivity index (χ2n) is 8.27. The van der Waals surface area contributed by atoms with E-state index in [1.54, 1.807) is 0 Å². The van der Waals surface area contributed by atoms with E-state index in [2.05, 4.69) is 19.9 Å². The van der Waals surface area contributed by atoms with Gasteiger partial charge in [0.1, 0.15) is 5.69 Å². The predicted octanol–water partition coefficient (Wildman–Crippen LogP) is 4.47. The van der Waals surface area contributed by atoms with Crippen LogP contribution in [0.1, 0.15) is 66.7 Å². The fourth-order valence-corrected chi connectivity index (χ4v) is 3.93. The minimum Gasteiger partial charge on any atom is -0.309 e. The normalized spacial score (nSPS) is 18.1. The highest BCUT2D eigenvalue weighted by molar-refractivity contribution is 6.25. The van der Waals surface area contributed by atoms with E-state index in [9.17, 15) is 9.59 Å². The molecule has 0 fully saturated rings. The second kappa shape index (κ2) is 4.35. The van der Waals surface area contributed by atoms with Crippen molar-refractivity contribution in [3.05, 3.63) is 64.5 Å². The zero-order valence-corrected chi connectivity index (χ0v) is 14.7. The first-order chi connectivity index (χ1) is 11.1. The molecule has 3 nitrogen and oxygen atoms in total. The standard InChI is InChI=1S/C21H21NO2/c1-20(2,3)14-11-16(23)12-10-17-21(4,5)13-8-6-7-9-15(13)22(17)18(12)19(14)24/h6-11H,1-5H3. The molecule has 2 aliphatic rings. The highest BCUT2D eigenvalue weighted by Crippen LogP contribution is 2.47. The molecule has 0 N–H and O–H groups in total. The van der Waals surface area contributed by atoms with Crippen LogP contribution in [-0.2, 0) is 5.41 Å². The lowest BCUT2D eigenvalue weighted by molar-refractivity contribution is 0.0962. The maximum Gasteiger partial charge on any atom is 0.207 e. The Hall–Kier alpha value is -2.42. The fraction of sp³-hybridized carbons (Fsp3) is 0.333. The predicted molar refractivity (Wildman–Crippen MR) is 94.1 cm³/mol. The van der Waals surface area contributed by atoms with Crippen molar-refractivity contribution in [2.24, 2.45) is 5.41 Å². The van der Waals surface area contributed by atoms with Crippen LogP contribution in [-0.4, -0.2) is 16.1 Å². The lowest BCUT2D eigenvalue weighted by Crippen LogP contribution is -2.26. The van der Waals surface area contributed by atoms with Crippen molar-refractivity contribution >= 4 is 11.6 Å². The molecule has 1 aromatic heterocycles. The van der Waals surface area contributed by atoms with E-state index >= 15 is 0 Å². The van der Waals surface area contributed by atoms with Gasteiger partial charge in [0.05, 0.1) is 11.3 Å². The Labute approximate surface area is 142 Å². The highest BCUT2D eigenvalue weighted by Gasteiger charge is 2.43. The zero-order chi connectivity index (χ0) is 17.4. The number of para-hydroxylation sites is 1. The molecule has 3 heteroatoms. The Morgan fingerprint density at radius 1 is 1.04 bits per heavy atom. The van der Waals surface area contributed by atoms with Gasteiger partial charge in [-0.05, 0) is 29.2 Å². The third kappa shape index (κ3) is 1.73. The summed E-state index contributed by atoms with van der Waals surface area (Å²) in [4.78, 5) is 25.9. The molecule has 0 saturated carbocycles. The largest absolute Gasteiger partial charge is 0.309 e. The summed E-state index contributed by atoms with van der Waals surface area (Å²) < 4.78 is 2.00. The van der Waals surface area contributed by atoms with Crippen LogP contribution >= 0.6 is 0 Å². The fourth-order valence-electron chi connectivity index (χ4n) is 3.93. The van der Waals surface area contributed by atoms with Crippen LogP contribution in [0.4, 0.5) is 0 Å². The van der Waals surface area contributed by atoms with Gasteiger partial charge >= 0.3 is 0 Å². The van der Waals surface area contributed by atoms with Crippen molar-refractivity contribution in [2.45, 2.75) is 40.0 Å². The molecule has 0 saturated heterocycles. The van der Waals surface area contributed by atoms with Crippen molar-refractivity contribution in [1.82, 2.24) is 4.57 Å². The van der Waals surface area contributed by atoms with Gasteiger partial charge in [0, 0.05) is 16.7 Å². The first-order valence-corrected chi connectivity index (χ1v) is 8.31. The lowest BCUT2D eigenvalue weighted by Gasteiger charge is -2.25. The van der Waals surface area contributed by atoms with E-state index in [-0.39, 0.29) is 22.4 Å². The number of benzene rings is 1. The summed E-state index contributed by atoms with van der Waals surface area (Å²) in [6, 6.07) is 10.0. The van der Waals surface area contributed by atoms with Gasteiger partial charge in [-0.15, -0.1) is 0 Å². The molecular weight excluding hydrogens is 298 g/mol. The maximum atomic E-state index is 13.2. The third-order valence-corrected chi connectivity index (χ3v) is 5.27. The molecule has 0 radical (unpaired) electrons. The lowest BCUT2D eigenvalue weighted by atomic mass is 9.78. The Morgan fingerprint density at radius 2 is 1.71 bits per heavy atom. The molecule has 0 amide bonds. The van der Waals surface area contributed by atoms with Crippen LogP contribution in [0.2, 0.25) is 0 Å². The molecule has 1 aliphatic heterocycles. The van der Waals surface area contributed by atoms with Gasteiger partial charge in [-0.1, -0.05) is 52.8 Å². The average Bonchev–Trinajstić information content (AvgIpc) is 2.99. The molecule has 2 aromatic rings. The zero-order valence-electron chi connectivity index (χ0n) is 14.7. The molecule has 0 spiro atoms. The van der Waals surface area contributed by atoms with Gasteiger partial charge in [0.2, 0.25) is 5.78 Å². The van der Waals surface area contributed by atoms with E-state index in [1.807, 2.05) is 49.6 Å². The summed E-state index contributed by atoms with van der Waals surface area (Å²) >= 11 is 0. The van der Waals surface area contributed by atoms with Gasteiger partial charge < -0.3 is 4.57 Å². The maximum absolute atomic E-state index is 13.2. The summed E-state index contributed by atoms with van der Waals surface area (Å²) in [5.41, 5.74) is 4.28. The van der Waals surface area contributed by atoms with Crippen LogP contribution in [0.25, 0.3) is 5.69 Å². The summed E-state index contributed by atoms with van der Waals surface area (Å²) in [5.74, 6) is -0.0967. The number of aromatic nitrogens is 1. The number of allylic oxidation sites excluding steroid dienone is 2. The molecule has 1 aliphatic carbocycles. The molecular formula is C21H21NO2. The van der Waals surface area contributed by atoms with Crippen LogP contribution in [0, 0.1) is 5.41 Å². The first-order valence-electron chi connectivity index (χ1n) is 8.31. The Balaban J connectivity index is 2.05. The average molecular weight is 319 g/mol. The van der Waals surface area contributed by atoms with Crippen molar-refractivity contribution in [2.75, 3.05) is 0 Å². The van der Waals surface area contributed by atoms with Gasteiger partial charge in [-0.2, -0.15) is 0 Å². The molecule has 0 bridgehead atoms. The molecule has 24 heavy (non-hydrogen) atoms. The molecule has 122 valence electrons. The smallest absolute Gasteiger partial charge is 0.207 e. The monoisotopic (exact) mass is 319 g/mol. The quantitative estimate of drug-likeness (QED) is 0.719. The van der Waals surface area contributed by atoms with Crippen LogP contribution in [0.3, 0.4) is 0 Å². The van der Waals surface area contributed by atoms with E-state index < -0.39 is 0 Å². The van der Waals surface area contributed by atoms with Gasteiger partial charge in [0.25, 0.3) is 0 Å². The molecule has 2 heterocycles. The summed E-state index contributed by atoms with van der Waals surface area (Å²) in [6.45, 7) is 10.2. The Bertz CT molecular complexity index is 949. The van der Waals surface area contributed by atoms with E-state index in [0.717, 1.165) is 11.4 Å². The van der Waals surface area contributed by atoms with Crippen LogP contribution < -0.4 is 0 Å². The number of carbonyl (C=O) groups excluding carboxylic acids is 2. The van der Waals surface area contributed by atoms with Crippen molar-refractivity contribution in [3.63, 3.8) is 0 Å². The summed E-state index contributed by atoms with van der Waals surface area (Å²) in [6.07, 6.45) is 1.53. The van der Waals surface area contributed by atoms with E-state index in [0.29, 0.717) is 16.8 Å². The number of hydrogen-bond donors (Lipinski definition) is 0. The van der Waals surface area contributed by atoms with Gasteiger partial charge in [0.15, 0.2) is 5.78 Å². The van der Waals surface area contributed by atoms with Gasteiger partial charge in [-0.3, -0.25) is 9.59 Å². The number of rotatable bonds is 0. The molecule has 0 unspecified atom stereocenters. The van der Waals surface area contributed by atoms with Crippen LogP contribution in [0.5, 0.6) is 0 Å². The van der Waals surface area contributed by atoms with Crippen molar-refractivity contribution in [3.8, 4) is 5.69 Å². The minimum absolute atomic E-state index is 0.0316. The van der Waals surface area contributed by atoms with Crippen LogP contribution in [0.15, 0.2) is 42.0 Å². The molecule has 0 atom stereocenters. The molecule has 4 rings (SSSR count). The Kier molecular flexibility index (Phi) is 2.74. The highest BCUT2D eigenvalue weighted by atomic mass is 16.1. The number of ketones is 2. The van der Waals surface area contributed by atoms with E-state index in [4.69, 9.17) is 0 Å². The minimum atomic E-state index is -0.358. The first kappa shape index (κ1) is 15.1. The van der Waals surface area contributed by atoms with Crippen molar-refractivity contribution < 1.29 is 9.59 Å². The SMILES string of the molecule is CC(C)(C)C1=CC(=O)c2cc3n(c2C1=O)-c1ccccc1C3(C)C. The third-order valence-electron chi connectivity index (χ3n) is 5.27. The van der Waals surface area contributed by atoms with E-state index in [1.165, 1.54) is 11.6 Å². The number of Topliss-reactive ketones (excluding diaryl/α,β-unsaturated/α-hetero) is 1. The Morgan fingerprint density at radius 3 is 2.38 bits per heavy atom. The van der Waals surface area contributed by atoms with Crippen molar-refractivity contribution in [1.29, 1.82) is 0 Å². The number of carbonyl (C=O) groups is 2.